The molecular formula is C13H14ClN3O. The molecule has 4 nitrogen and oxygen atoms in total. The Labute approximate surface area is 112 Å². The highest BCUT2D eigenvalue weighted by Gasteiger charge is 1.98. The van der Waals surface area contributed by atoms with Crippen molar-refractivity contribution in [1.82, 2.24) is 4.98 Å². The molecule has 0 saturated heterocycles. The molecule has 0 fully saturated rings. The number of amidine groups is 1. The van der Waals surface area contributed by atoms with E-state index in [1.54, 1.807) is 36.7 Å². The normalized spacial score (nSPS) is 9.33. The van der Waals surface area contributed by atoms with Gasteiger partial charge in [0.1, 0.15) is 18.2 Å². The number of hydrogen-bond donors (Lipinski definition) is 2. The van der Waals surface area contributed by atoms with Gasteiger partial charge in [-0.2, -0.15) is 0 Å². The first-order chi connectivity index (χ1) is 8.25. The third-order valence-electron chi connectivity index (χ3n) is 2.29. The zero-order chi connectivity index (χ0) is 12.1. The van der Waals surface area contributed by atoms with Crippen LogP contribution in [0.4, 0.5) is 0 Å². The third kappa shape index (κ3) is 3.75. The highest BCUT2D eigenvalue weighted by molar-refractivity contribution is 5.94. The first-order valence-electron chi connectivity index (χ1n) is 5.22. The van der Waals surface area contributed by atoms with Crippen molar-refractivity contribution in [3.63, 3.8) is 0 Å². The van der Waals surface area contributed by atoms with Crippen LogP contribution in [0.1, 0.15) is 11.1 Å². The molecule has 1 heterocycles. The van der Waals surface area contributed by atoms with Gasteiger partial charge in [0, 0.05) is 23.5 Å². The number of ether oxygens (including phenoxy) is 1. The monoisotopic (exact) mass is 263 g/mol. The maximum atomic E-state index is 7.27. The van der Waals surface area contributed by atoms with Crippen LogP contribution in [-0.4, -0.2) is 10.8 Å². The second-order valence-electron chi connectivity index (χ2n) is 3.59. The Balaban J connectivity index is 0.00000162. The van der Waals surface area contributed by atoms with E-state index >= 15 is 0 Å². The van der Waals surface area contributed by atoms with E-state index in [1.165, 1.54) is 0 Å². The summed E-state index contributed by atoms with van der Waals surface area (Å²) in [4.78, 5) is 4.01. The number of nitrogens with zero attached hydrogens (tertiary/aromatic N) is 1. The third-order valence-corrected chi connectivity index (χ3v) is 2.29. The highest BCUT2D eigenvalue weighted by atomic mass is 35.5. The fraction of sp³-hybridized carbons (Fsp3) is 0.0769. The Morgan fingerprint density at radius 3 is 2.50 bits per heavy atom. The lowest BCUT2D eigenvalue weighted by Crippen LogP contribution is -2.10. The van der Waals surface area contributed by atoms with E-state index in [0.717, 1.165) is 11.3 Å². The predicted octanol–water partition coefficient (Wildman–Crippen LogP) is 2.37. The van der Waals surface area contributed by atoms with Crippen molar-refractivity contribution < 1.29 is 4.74 Å². The van der Waals surface area contributed by atoms with Gasteiger partial charge in [-0.15, -0.1) is 12.4 Å². The number of halogens is 1. The molecule has 0 aliphatic heterocycles. The SMILES string of the molecule is Cl.N=C(N)c1ccc(OCc2cccnc2)cc1. The summed E-state index contributed by atoms with van der Waals surface area (Å²) >= 11 is 0. The minimum absolute atomic E-state index is 0. The van der Waals surface area contributed by atoms with Crippen LogP contribution in [0.25, 0.3) is 0 Å². The molecule has 0 unspecified atom stereocenters. The van der Waals surface area contributed by atoms with Gasteiger partial charge in [-0.3, -0.25) is 10.4 Å². The lowest BCUT2D eigenvalue weighted by molar-refractivity contribution is 0.306. The number of nitrogens with two attached hydrogens (primary N) is 1. The van der Waals surface area contributed by atoms with Crippen molar-refractivity contribution in [1.29, 1.82) is 5.41 Å². The summed E-state index contributed by atoms with van der Waals surface area (Å²) in [6.45, 7) is 0.479. The molecule has 0 radical (unpaired) electrons. The Morgan fingerprint density at radius 2 is 1.94 bits per heavy atom. The molecule has 0 atom stereocenters. The molecule has 0 aliphatic carbocycles. The number of pyridine rings is 1. The van der Waals surface area contributed by atoms with Crippen LogP contribution >= 0.6 is 12.4 Å². The summed E-state index contributed by atoms with van der Waals surface area (Å²) in [5.41, 5.74) is 7.07. The quantitative estimate of drug-likeness (QED) is 0.657. The number of benzene rings is 1. The van der Waals surface area contributed by atoms with Gasteiger partial charge < -0.3 is 10.5 Å². The molecule has 0 saturated carbocycles. The van der Waals surface area contributed by atoms with Gasteiger partial charge in [0.2, 0.25) is 0 Å². The number of nitrogens with one attached hydrogen (secondary N) is 1. The predicted molar refractivity (Wildman–Crippen MR) is 73.3 cm³/mol. The van der Waals surface area contributed by atoms with Crippen molar-refractivity contribution in [2.24, 2.45) is 5.73 Å². The topological polar surface area (TPSA) is 72.0 Å². The van der Waals surface area contributed by atoms with E-state index in [2.05, 4.69) is 4.98 Å². The smallest absolute Gasteiger partial charge is 0.122 e. The largest absolute Gasteiger partial charge is 0.489 e. The van der Waals surface area contributed by atoms with Crippen LogP contribution in [0, 0.1) is 5.41 Å². The Hall–Kier alpha value is -2.07. The molecule has 2 aromatic rings. The summed E-state index contributed by atoms with van der Waals surface area (Å²) in [7, 11) is 0. The van der Waals surface area contributed by atoms with Crippen LogP contribution in [0.5, 0.6) is 5.75 Å². The van der Waals surface area contributed by atoms with E-state index < -0.39 is 0 Å². The molecule has 1 aromatic carbocycles. The molecule has 5 heteroatoms. The summed E-state index contributed by atoms with van der Waals surface area (Å²) in [6.07, 6.45) is 3.50. The molecule has 1 aromatic heterocycles. The van der Waals surface area contributed by atoms with Crippen molar-refractivity contribution in [3.05, 3.63) is 59.9 Å². The Morgan fingerprint density at radius 1 is 1.22 bits per heavy atom. The molecule has 2 rings (SSSR count). The molecule has 0 bridgehead atoms. The Kier molecular flexibility index (Phi) is 5.14. The first-order valence-corrected chi connectivity index (χ1v) is 5.22. The van der Waals surface area contributed by atoms with Gasteiger partial charge in [0.25, 0.3) is 0 Å². The number of hydrogen-bond acceptors (Lipinski definition) is 3. The molecule has 0 aliphatic rings. The van der Waals surface area contributed by atoms with Crippen LogP contribution < -0.4 is 10.5 Å². The molecular weight excluding hydrogens is 250 g/mol. The van der Waals surface area contributed by atoms with Crippen LogP contribution in [-0.2, 0) is 6.61 Å². The first kappa shape index (κ1) is 14.0. The lowest BCUT2D eigenvalue weighted by atomic mass is 10.2. The highest BCUT2D eigenvalue weighted by Crippen LogP contribution is 2.13. The molecule has 18 heavy (non-hydrogen) atoms. The van der Waals surface area contributed by atoms with Gasteiger partial charge >= 0.3 is 0 Å². The van der Waals surface area contributed by atoms with Gasteiger partial charge in [-0.1, -0.05) is 6.07 Å². The van der Waals surface area contributed by atoms with Gasteiger partial charge in [-0.25, -0.2) is 0 Å². The Bertz CT molecular complexity index is 499. The molecule has 3 N–H and O–H groups in total. The number of aromatic nitrogens is 1. The van der Waals surface area contributed by atoms with Crippen LogP contribution in [0.3, 0.4) is 0 Å². The van der Waals surface area contributed by atoms with E-state index in [9.17, 15) is 0 Å². The maximum Gasteiger partial charge on any atom is 0.122 e. The summed E-state index contributed by atoms with van der Waals surface area (Å²) in [5.74, 6) is 0.808. The van der Waals surface area contributed by atoms with E-state index in [-0.39, 0.29) is 18.2 Å². The van der Waals surface area contributed by atoms with Gasteiger partial charge in [-0.05, 0) is 30.3 Å². The summed E-state index contributed by atoms with van der Waals surface area (Å²) < 4.78 is 5.58. The average Bonchev–Trinajstić information content (AvgIpc) is 2.38. The van der Waals surface area contributed by atoms with E-state index in [0.29, 0.717) is 12.2 Å². The van der Waals surface area contributed by atoms with Crippen molar-refractivity contribution in [3.8, 4) is 5.75 Å². The number of nitrogen functional groups attached to an aromatic ring is 1. The maximum absolute atomic E-state index is 7.27. The fourth-order valence-corrected chi connectivity index (χ4v) is 1.38. The standard InChI is InChI=1S/C13H13N3O.ClH/c14-13(15)11-3-5-12(6-4-11)17-9-10-2-1-7-16-8-10;/h1-8H,9H2,(H3,14,15);1H. The van der Waals surface area contributed by atoms with E-state index in [4.69, 9.17) is 15.9 Å². The summed E-state index contributed by atoms with van der Waals surface area (Å²) in [6, 6.07) is 11.0. The van der Waals surface area contributed by atoms with Crippen molar-refractivity contribution >= 4 is 18.2 Å². The van der Waals surface area contributed by atoms with Gasteiger partial charge in [0.15, 0.2) is 0 Å². The van der Waals surface area contributed by atoms with Crippen molar-refractivity contribution in [2.75, 3.05) is 0 Å². The zero-order valence-corrected chi connectivity index (χ0v) is 10.5. The van der Waals surface area contributed by atoms with E-state index in [1.807, 2.05) is 12.1 Å². The molecule has 0 spiro atoms. The van der Waals surface area contributed by atoms with Crippen LogP contribution in [0.15, 0.2) is 48.8 Å². The molecule has 0 amide bonds. The average molecular weight is 264 g/mol. The second kappa shape index (κ2) is 6.61. The van der Waals surface area contributed by atoms with Gasteiger partial charge in [0.05, 0.1) is 0 Å². The van der Waals surface area contributed by atoms with Crippen molar-refractivity contribution in [2.45, 2.75) is 6.61 Å². The summed E-state index contributed by atoms with van der Waals surface area (Å²) in [5, 5.41) is 7.27. The van der Waals surface area contributed by atoms with Crippen LogP contribution in [0.2, 0.25) is 0 Å². The minimum Gasteiger partial charge on any atom is -0.489 e. The zero-order valence-electron chi connectivity index (χ0n) is 9.67. The second-order valence-corrected chi connectivity index (χ2v) is 3.59. The fourth-order valence-electron chi connectivity index (χ4n) is 1.38. The number of rotatable bonds is 4. The molecule has 94 valence electrons. The lowest BCUT2D eigenvalue weighted by Gasteiger charge is -2.06. The minimum atomic E-state index is 0.